The van der Waals surface area contributed by atoms with Crippen LogP contribution in [0.1, 0.15) is 51.0 Å². The molecule has 3 aliphatic rings. The molecule has 0 bridgehead atoms. The molecule has 3 heterocycles. The van der Waals surface area contributed by atoms with Gasteiger partial charge in [0.25, 0.3) is 0 Å². The highest BCUT2D eigenvalue weighted by Gasteiger charge is 2.49. The van der Waals surface area contributed by atoms with Gasteiger partial charge >= 0.3 is 0 Å². The Morgan fingerprint density at radius 3 is 2.76 bits per heavy atom. The summed E-state index contributed by atoms with van der Waals surface area (Å²) in [4.78, 5) is 18.9. The van der Waals surface area contributed by atoms with E-state index in [1.54, 1.807) is 13.3 Å². The second-order valence-electron chi connectivity index (χ2n) is 9.23. The Balaban J connectivity index is 1.31. The summed E-state index contributed by atoms with van der Waals surface area (Å²) in [5.41, 5.74) is -0.114. The lowest BCUT2D eigenvalue weighted by molar-refractivity contribution is -0.190. The van der Waals surface area contributed by atoms with E-state index in [-0.39, 0.29) is 23.5 Å². The lowest BCUT2D eigenvalue weighted by Gasteiger charge is -2.51. The average Bonchev–Trinajstić information content (AvgIpc) is 2.65. The highest BCUT2D eigenvalue weighted by molar-refractivity contribution is 5.79. The van der Waals surface area contributed by atoms with Crippen LogP contribution >= 0.6 is 0 Å². The largest absolute Gasteiger partial charge is 0.495 e. The van der Waals surface area contributed by atoms with Crippen molar-refractivity contribution in [2.24, 2.45) is 5.92 Å². The molecule has 29 heavy (non-hydrogen) atoms. The summed E-state index contributed by atoms with van der Waals surface area (Å²) in [5.74, 6) is 0.969. The molecule has 0 unspecified atom stereocenters. The normalized spacial score (nSPS) is 30.0. The number of aromatic nitrogens is 1. The number of hydrogen-bond acceptors (Lipinski definition) is 6. The second-order valence-corrected chi connectivity index (χ2v) is 9.23. The van der Waals surface area contributed by atoms with E-state index >= 15 is 0 Å². The molecular weight excluding hydrogens is 370 g/mol. The van der Waals surface area contributed by atoms with E-state index < -0.39 is 5.60 Å². The first-order valence-corrected chi connectivity index (χ1v) is 10.8. The van der Waals surface area contributed by atoms with Crippen molar-refractivity contribution in [3.8, 4) is 5.75 Å². The molecule has 0 radical (unpaired) electrons. The van der Waals surface area contributed by atoms with Crippen molar-refractivity contribution in [3.63, 3.8) is 0 Å². The third kappa shape index (κ3) is 4.57. The number of amides is 1. The first-order valence-electron chi connectivity index (χ1n) is 10.8. The van der Waals surface area contributed by atoms with E-state index in [1.807, 2.05) is 19.2 Å². The van der Waals surface area contributed by atoms with Gasteiger partial charge in [-0.2, -0.15) is 0 Å². The molecule has 1 aliphatic carbocycles. The predicted octanol–water partition coefficient (Wildman–Crippen LogP) is 1.88. The summed E-state index contributed by atoms with van der Waals surface area (Å²) in [7, 11) is 1.65. The van der Waals surface area contributed by atoms with Gasteiger partial charge in [-0.15, -0.1) is 0 Å². The van der Waals surface area contributed by atoms with Crippen LogP contribution < -0.4 is 10.1 Å². The summed E-state index contributed by atoms with van der Waals surface area (Å²) in [5, 5.41) is 14.1. The molecule has 2 N–H and O–H groups in total. The molecule has 3 fully saturated rings. The third-order valence-corrected chi connectivity index (χ3v) is 6.96. The minimum atomic E-state index is -0.948. The van der Waals surface area contributed by atoms with Crippen LogP contribution in [-0.4, -0.2) is 64.9 Å². The Morgan fingerprint density at radius 1 is 1.38 bits per heavy atom. The molecule has 1 amide bonds. The highest BCUT2D eigenvalue weighted by atomic mass is 16.5. The van der Waals surface area contributed by atoms with Gasteiger partial charge in [-0.1, -0.05) is 6.42 Å². The van der Waals surface area contributed by atoms with Crippen LogP contribution in [-0.2, 0) is 16.1 Å². The molecule has 4 rings (SSSR count). The molecule has 1 spiro atoms. The molecule has 1 saturated carbocycles. The quantitative estimate of drug-likeness (QED) is 0.781. The fourth-order valence-electron chi connectivity index (χ4n) is 4.78. The van der Waals surface area contributed by atoms with Gasteiger partial charge in [-0.05, 0) is 44.2 Å². The van der Waals surface area contributed by atoms with Crippen LogP contribution in [0, 0.1) is 5.92 Å². The molecule has 0 aromatic carbocycles. The van der Waals surface area contributed by atoms with Crippen LogP contribution in [0.4, 0.5) is 0 Å². The van der Waals surface area contributed by atoms with Gasteiger partial charge in [0.1, 0.15) is 5.75 Å². The van der Waals surface area contributed by atoms with Crippen LogP contribution in [0.25, 0.3) is 0 Å². The number of likely N-dealkylation sites (tertiary alicyclic amines) is 1. The van der Waals surface area contributed by atoms with Gasteiger partial charge in [0, 0.05) is 38.2 Å². The zero-order valence-corrected chi connectivity index (χ0v) is 17.5. The lowest BCUT2D eigenvalue weighted by atomic mass is 9.75. The van der Waals surface area contributed by atoms with E-state index in [1.165, 1.54) is 0 Å². The summed E-state index contributed by atoms with van der Waals surface area (Å²) in [6, 6.07) is 1.69. The Hall–Kier alpha value is -1.70. The molecule has 2 saturated heterocycles. The lowest BCUT2D eigenvalue weighted by Crippen LogP contribution is -2.64. The number of nitrogens with zero attached hydrogens (tertiary/aromatic N) is 2. The number of piperidine rings is 1. The van der Waals surface area contributed by atoms with Gasteiger partial charge in [-0.25, -0.2) is 0 Å². The number of carbonyl (C=O) groups is 1. The number of hydrogen-bond donors (Lipinski definition) is 2. The zero-order chi connectivity index (χ0) is 20.5. The van der Waals surface area contributed by atoms with Crippen molar-refractivity contribution in [1.82, 2.24) is 15.2 Å². The van der Waals surface area contributed by atoms with Crippen molar-refractivity contribution in [1.29, 1.82) is 0 Å². The molecule has 2 atom stereocenters. The van der Waals surface area contributed by atoms with Crippen molar-refractivity contribution in [3.05, 3.63) is 24.0 Å². The van der Waals surface area contributed by atoms with Gasteiger partial charge in [0.05, 0.1) is 37.2 Å². The summed E-state index contributed by atoms with van der Waals surface area (Å²) >= 11 is 0. The van der Waals surface area contributed by atoms with Crippen LogP contribution in [0.2, 0.25) is 0 Å². The van der Waals surface area contributed by atoms with Gasteiger partial charge in [0.15, 0.2) is 0 Å². The highest BCUT2D eigenvalue weighted by Crippen LogP contribution is 2.40. The minimum Gasteiger partial charge on any atom is -0.495 e. The Labute approximate surface area is 172 Å². The fraction of sp³-hybridized carbons (Fsp3) is 0.727. The van der Waals surface area contributed by atoms with E-state index in [4.69, 9.17) is 9.47 Å². The van der Waals surface area contributed by atoms with E-state index in [0.29, 0.717) is 13.0 Å². The van der Waals surface area contributed by atoms with Gasteiger partial charge in [-0.3, -0.25) is 14.7 Å². The zero-order valence-electron chi connectivity index (χ0n) is 17.5. The number of methoxy groups -OCH3 is 1. The number of ether oxygens (including phenoxy) is 2. The molecule has 160 valence electrons. The van der Waals surface area contributed by atoms with Crippen molar-refractivity contribution < 1.29 is 19.4 Å². The smallest absolute Gasteiger partial charge is 0.223 e. The Morgan fingerprint density at radius 2 is 2.14 bits per heavy atom. The molecular formula is C22H33N3O4. The number of nitrogens with one attached hydrogen (secondary N) is 1. The van der Waals surface area contributed by atoms with Gasteiger partial charge < -0.3 is 19.9 Å². The second kappa shape index (κ2) is 8.20. The molecule has 1 aromatic heterocycles. The Kier molecular flexibility index (Phi) is 5.82. The number of aliphatic hydroxyl groups is 1. The summed E-state index contributed by atoms with van der Waals surface area (Å²) < 4.78 is 11.5. The summed E-state index contributed by atoms with van der Waals surface area (Å²) in [6.07, 6.45) is 8.96. The maximum Gasteiger partial charge on any atom is 0.223 e. The van der Waals surface area contributed by atoms with E-state index in [9.17, 15) is 9.90 Å². The van der Waals surface area contributed by atoms with Crippen molar-refractivity contribution >= 4 is 5.91 Å². The molecule has 1 aromatic rings. The number of rotatable bonds is 5. The maximum atomic E-state index is 12.3. The minimum absolute atomic E-state index is 0.0720. The fourth-order valence-corrected chi connectivity index (χ4v) is 4.78. The van der Waals surface area contributed by atoms with E-state index in [0.717, 1.165) is 63.1 Å². The predicted molar refractivity (Wildman–Crippen MR) is 108 cm³/mol. The monoisotopic (exact) mass is 403 g/mol. The van der Waals surface area contributed by atoms with Crippen LogP contribution in [0.3, 0.4) is 0 Å². The summed E-state index contributed by atoms with van der Waals surface area (Å²) in [6.45, 7) is 4.87. The molecule has 7 nitrogen and oxygen atoms in total. The Bertz CT molecular complexity index is 727. The average molecular weight is 404 g/mol. The van der Waals surface area contributed by atoms with E-state index in [2.05, 4.69) is 15.2 Å². The number of pyridine rings is 1. The van der Waals surface area contributed by atoms with Crippen LogP contribution in [0.5, 0.6) is 5.75 Å². The van der Waals surface area contributed by atoms with Crippen LogP contribution in [0.15, 0.2) is 18.5 Å². The maximum absolute atomic E-state index is 12.3. The first kappa shape index (κ1) is 20.6. The van der Waals surface area contributed by atoms with Gasteiger partial charge in [0.2, 0.25) is 5.91 Å². The van der Waals surface area contributed by atoms with Crippen molar-refractivity contribution in [2.45, 2.75) is 69.2 Å². The SMILES string of the molecule is COc1cncc(CN2CCC3(CC2)C[C@](C)(O)[C@@H](NC(=O)C2CCC2)CO3)c1. The molecule has 7 heteroatoms. The standard InChI is InChI=1S/C22H33N3O4/c1-21(27)15-22(29-14-19(21)24-20(26)17-4-3-5-17)6-8-25(9-7-22)13-16-10-18(28-2)12-23-11-16/h10-12,17,19,27H,3-9,13-15H2,1-2H3,(H,24,26)/t19-,21-/m0/s1. The molecule has 2 aliphatic heterocycles. The number of carbonyl (C=O) groups excluding carboxylic acids is 1. The first-order chi connectivity index (χ1) is 13.9. The topological polar surface area (TPSA) is 83.9 Å². The van der Waals surface area contributed by atoms with Crippen molar-refractivity contribution in [2.75, 3.05) is 26.8 Å². The third-order valence-electron chi connectivity index (χ3n) is 6.96.